The molecule has 2 N–H and O–H groups in total. The Bertz CT molecular complexity index is 721. The first kappa shape index (κ1) is 18.0. The number of aliphatic hydroxyl groups is 1. The van der Waals surface area contributed by atoms with Crippen molar-refractivity contribution in [3.8, 4) is 0 Å². The van der Waals surface area contributed by atoms with Crippen molar-refractivity contribution in [1.29, 1.82) is 0 Å². The lowest BCUT2D eigenvalue weighted by Gasteiger charge is -2.32. The van der Waals surface area contributed by atoms with Gasteiger partial charge in [0.2, 0.25) is 0 Å². The zero-order valence-electron chi connectivity index (χ0n) is 15.3. The number of rotatable bonds is 5. The Labute approximate surface area is 149 Å². The molecule has 1 fully saturated rings. The lowest BCUT2D eigenvalue weighted by Crippen LogP contribution is -2.44. The third-order valence-corrected chi connectivity index (χ3v) is 5.53. The van der Waals surface area contributed by atoms with Crippen molar-refractivity contribution in [3.63, 3.8) is 0 Å². The summed E-state index contributed by atoms with van der Waals surface area (Å²) < 4.78 is 0. The second-order valence-corrected chi connectivity index (χ2v) is 7.10. The van der Waals surface area contributed by atoms with Gasteiger partial charge in [-0.05, 0) is 25.3 Å². The van der Waals surface area contributed by atoms with E-state index in [2.05, 4.69) is 9.88 Å². The van der Waals surface area contributed by atoms with Crippen LogP contribution in [-0.2, 0) is 0 Å². The van der Waals surface area contributed by atoms with Crippen LogP contribution < -0.4 is 0 Å². The number of para-hydroxylation sites is 1. The van der Waals surface area contributed by atoms with Crippen LogP contribution in [-0.4, -0.2) is 64.1 Å². The molecular formula is C20H29N3O2. The Morgan fingerprint density at radius 1 is 1.16 bits per heavy atom. The average molecular weight is 343 g/mol. The van der Waals surface area contributed by atoms with Crippen molar-refractivity contribution < 1.29 is 9.90 Å². The number of nitrogens with one attached hydrogen (secondary N) is 1. The minimum atomic E-state index is -0.615. The van der Waals surface area contributed by atoms with Crippen LogP contribution in [0.2, 0.25) is 0 Å². The fourth-order valence-electron chi connectivity index (χ4n) is 3.64. The first-order valence-electron chi connectivity index (χ1n) is 9.36. The molecule has 1 amide bonds. The van der Waals surface area contributed by atoms with Crippen LogP contribution in [0.4, 0.5) is 0 Å². The van der Waals surface area contributed by atoms with Crippen molar-refractivity contribution in [2.75, 3.05) is 32.7 Å². The minimum absolute atomic E-state index is 0.0977. The summed E-state index contributed by atoms with van der Waals surface area (Å²) in [5.74, 6) is 0.0977. The fraction of sp³-hybridized carbons (Fsp3) is 0.550. The summed E-state index contributed by atoms with van der Waals surface area (Å²) in [6.07, 6.45) is 4.29. The Kier molecular flexibility index (Phi) is 5.45. The first-order chi connectivity index (χ1) is 12.1. The second-order valence-electron chi connectivity index (χ2n) is 7.10. The van der Waals surface area contributed by atoms with Crippen LogP contribution in [0.1, 0.15) is 43.5 Å². The summed E-state index contributed by atoms with van der Waals surface area (Å²) >= 11 is 0. The Morgan fingerprint density at radius 2 is 1.92 bits per heavy atom. The van der Waals surface area contributed by atoms with Crippen LogP contribution in [0.25, 0.3) is 10.9 Å². The zero-order chi connectivity index (χ0) is 17.9. The highest BCUT2D eigenvalue weighted by atomic mass is 16.3. The van der Waals surface area contributed by atoms with E-state index in [0.29, 0.717) is 13.1 Å². The molecule has 2 heterocycles. The van der Waals surface area contributed by atoms with Gasteiger partial charge in [-0.1, -0.05) is 32.0 Å². The highest BCUT2D eigenvalue weighted by molar-refractivity contribution is 6.06. The topological polar surface area (TPSA) is 59.6 Å². The molecule has 5 nitrogen and oxygen atoms in total. The van der Waals surface area contributed by atoms with Crippen molar-refractivity contribution in [3.05, 3.63) is 36.0 Å². The van der Waals surface area contributed by atoms with Gasteiger partial charge in [0, 0.05) is 49.8 Å². The van der Waals surface area contributed by atoms with E-state index in [1.54, 1.807) is 0 Å². The van der Waals surface area contributed by atoms with Crippen LogP contribution in [0.5, 0.6) is 0 Å². The van der Waals surface area contributed by atoms with Crippen LogP contribution in [0.3, 0.4) is 0 Å². The van der Waals surface area contributed by atoms with E-state index < -0.39 is 5.60 Å². The molecule has 0 atom stereocenters. The monoisotopic (exact) mass is 343 g/mol. The number of benzene rings is 1. The fourth-order valence-corrected chi connectivity index (χ4v) is 3.64. The standard InChI is InChI=1S/C20H29N3O2/c1-3-20(25,4-2)15-22-10-7-11-23(13-12-22)19(24)17-14-21-18-9-6-5-8-16(17)18/h5-6,8-9,14,21,25H,3-4,7,10-13,15H2,1-2H3. The lowest BCUT2D eigenvalue weighted by molar-refractivity contribution is -0.00224. The largest absolute Gasteiger partial charge is 0.389 e. The summed E-state index contributed by atoms with van der Waals surface area (Å²) in [5, 5.41) is 11.6. The molecule has 0 unspecified atom stereocenters. The molecule has 0 saturated carbocycles. The van der Waals surface area contributed by atoms with E-state index in [1.807, 2.05) is 49.2 Å². The Hall–Kier alpha value is -1.85. The number of aromatic amines is 1. The predicted octanol–water partition coefficient (Wildman–Crippen LogP) is 2.87. The molecule has 0 aliphatic carbocycles. The number of carbonyl (C=O) groups excluding carboxylic acids is 1. The lowest BCUT2D eigenvalue weighted by atomic mass is 9.97. The molecule has 1 aliphatic heterocycles. The van der Waals surface area contributed by atoms with Crippen molar-refractivity contribution in [1.82, 2.24) is 14.8 Å². The molecule has 0 radical (unpaired) electrons. The van der Waals surface area contributed by atoms with Gasteiger partial charge in [0.15, 0.2) is 0 Å². The smallest absolute Gasteiger partial charge is 0.256 e. The van der Waals surface area contributed by atoms with E-state index in [4.69, 9.17) is 0 Å². The van der Waals surface area contributed by atoms with Gasteiger partial charge in [-0.2, -0.15) is 0 Å². The van der Waals surface area contributed by atoms with Gasteiger partial charge in [0.25, 0.3) is 5.91 Å². The maximum Gasteiger partial charge on any atom is 0.256 e. The molecule has 2 aromatic rings. The zero-order valence-corrected chi connectivity index (χ0v) is 15.3. The summed E-state index contributed by atoms with van der Waals surface area (Å²) in [6, 6.07) is 7.92. The number of H-pyrrole nitrogens is 1. The summed E-state index contributed by atoms with van der Waals surface area (Å²) in [7, 11) is 0. The molecule has 25 heavy (non-hydrogen) atoms. The molecule has 1 aliphatic rings. The minimum Gasteiger partial charge on any atom is -0.389 e. The first-order valence-corrected chi connectivity index (χ1v) is 9.36. The highest BCUT2D eigenvalue weighted by Crippen LogP contribution is 2.21. The molecule has 1 saturated heterocycles. The molecule has 0 bridgehead atoms. The van der Waals surface area contributed by atoms with E-state index in [0.717, 1.165) is 55.4 Å². The SMILES string of the molecule is CCC(O)(CC)CN1CCCN(C(=O)c2c[nH]c3ccccc23)CC1. The van der Waals surface area contributed by atoms with E-state index in [-0.39, 0.29) is 5.91 Å². The van der Waals surface area contributed by atoms with Gasteiger partial charge in [-0.15, -0.1) is 0 Å². The Balaban J connectivity index is 1.68. The van der Waals surface area contributed by atoms with Gasteiger partial charge >= 0.3 is 0 Å². The van der Waals surface area contributed by atoms with E-state index >= 15 is 0 Å². The van der Waals surface area contributed by atoms with Gasteiger partial charge < -0.3 is 15.0 Å². The third kappa shape index (κ3) is 3.88. The number of amides is 1. The second kappa shape index (κ2) is 7.58. The molecule has 0 spiro atoms. The van der Waals surface area contributed by atoms with Gasteiger partial charge in [-0.25, -0.2) is 0 Å². The summed E-state index contributed by atoms with van der Waals surface area (Å²) in [6.45, 7) is 7.99. The molecule has 136 valence electrons. The number of β-amino-alcohol motifs (C(OH)–C–C–N with tert-alkyl or cyclic N) is 1. The van der Waals surface area contributed by atoms with Crippen LogP contribution in [0.15, 0.2) is 30.5 Å². The molecule has 1 aromatic carbocycles. The van der Waals surface area contributed by atoms with Crippen LogP contribution >= 0.6 is 0 Å². The predicted molar refractivity (Wildman–Crippen MR) is 101 cm³/mol. The van der Waals surface area contributed by atoms with Crippen molar-refractivity contribution in [2.45, 2.75) is 38.7 Å². The highest BCUT2D eigenvalue weighted by Gasteiger charge is 2.28. The maximum atomic E-state index is 13.0. The Morgan fingerprint density at radius 3 is 2.68 bits per heavy atom. The van der Waals surface area contributed by atoms with Crippen molar-refractivity contribution >= 4 is 16.8 Å². The molecular weight excluding hydrogens is 314 g/mol. The van der Waals surface area contributed by atoms with Crippen molar-refractivity contribution in [2.24, 2.45) is 0 Å². The third-order valence-electron chi connectivity index (χ3n) is 5.53. The van der Waals surface area contributed by atoms with Gasteiger partial charge in [-0.3, -0.25) is 9.69 Å². The van der Waals surface area contributed by atoms with Gasteiger partial charge in [0.1, 0.15) is 0 Å². The number of hydrogen-bond donors (Lipinski definition) is 2. The average Bonchev–Trinajstić information content (AvgIpc) is 2.94. The van der Waals surface area contributed by atoms with Crippen LogP contribution in [0, 0.1) is 0 Å². The number of nitrogens with zero attached hydrogens (tertiary/aromatic N) is 2. The number of fused-ring (bicyclic) bond motifs is 1. The number of hydrogen-bond acceptors (Lipinski definition) is 3. The number of carbonyl (C=O) groups is 1. The maximum absolute atomic E-state index is 13.0. The normalized spacial score (nSPS) is 17.0. The van der Waals surface area contributed by atoms with E-state index in [1.165, 1.54) is 0 Å². The summed E-state index contributed by atoms with van der Waals surface area (Å²) in [4.78, 5) is 20.4. The molecule has 1 aromatic heterocycles. The number of aromatic nitrogens is 1. The molecule has 5 heteroatoms. The quantitative estimate of drug-likeness (QED) is 0.878. The molecule has 3 rings (SSSR count). The van der Waals surface area contributed by atoms with Gasteiger partial charge in [0.05, 0.1) is 11.2 Å². The van der Waals surface area contributed by atoms with E-state index in [9.17, 15) is 9.90 Å². The summed E-state index contributed by atoms with van der Waals surface area (Å²) in [5.41, 5.74) is 1.14.